The van der Waals surface area contributed by atoms with Gasteiger partial charge in [0.1, 0.15) is 12.7 Å². The molecule has 5 nitrogen and oxygen atoms in total. The molecule has 5 heteroatoms. The van der Waals surface area contributed by atoms with E-state index in [-0.39, 0.29) is 18.3 Å². The molecule has 1 saturated heterocycles. The molecule has 0 saturated carbocycles. The molecular formula is C11H14O5. The van der Waals surface area contributed by atoms with Gasteiger partial charge in [0.05, 0.1) is 19.3 Å². The van der Waals surface area contributed by atoms with Crippen LogP contribution in [0.4, 0.5) is 0 Å². The van der Waals surface area contributed by atoms with Gasteiger partial charge >= 0.3 is 11.9 Å². The SMILES string of the molecule is C=C(C=C(C)C(=O)OCC1CO1)C(=O)OC. The van der Waals surface area contributed by atoms with Crippen molar-refractivity contribution >= 4 is 11.9 Å². The second-order valence-electron chi connectivity index (χ2n) is 3.40. The normalized spacial score (nSPS) is 18.9. The number of carbonyl (C=O) groups excluding carboxylic acids is 2. The van der Waals surface area contributed by atoms with Gasteiger partial charge in [-0.2, -0.15) is 0 Å². The lowest BCUT2D eigenvalue weighted by atomic mass is 10.2. The Balaban J connectivity index is 2.43. The first-order valence-electron chi connectivity index (χ1n) is 4.79. The first-order chi connectivity index (χ1) is 7.54. The van der Waals surface area contributed by atoms with Gasteiger partial charge in [0, 0.05) is 5.57 Å². The number of esters is 2. The highest BCUT2D eigenvalue weighted by atomic mass is 16.6. The maximum absolute atomic E-state index is 11.4. The smallest absolute Gasteiger partial charge is 0.337 e. The zero-order valence-electron chi connectivity index (χ0n) is 9.32. The molecule has 1 heterocycles. The van der Waals surface area contributed by atoms with Gasteiger partial charge in [-0.05, 0) is 13.0 Å². The molecule has 0 aliphatic carbocycles. The fourth-order valence-electron chi connectivity index (χ4n) is 0.957. The van der Waals surface area contributed by atoms with E-state index in [4.69, 9.17) is 9.47 Å². The van der Waals surface area contributed by atoms with Crippen molar-refractivity contribution in [2.45, 2.75) is 13.0 Å². The highest BCUT2D eigenvalue weighted by Crippen LogP contribution is 2.10. The van der Waals surface area contributed by atoms with Crippen molar-refractivity contribution < 1.29 is 23.8 Å². The van der Waals surface area contributed by atoms with E-state index < -0.39 is 11.9 Å². The fraction of sp³-hybridized carbons (Fsp3) is 0.455. The highest BCUT2D eigenvalue weighted by Gasteiger charge is 2.24. The Bertz CT molecular complexity index is 338. The maximum atomic E-state index is 11.4. The quantitative estimate of drug-likeness (QED) is 0.297. The second-order valence-corrected chi connectivity index (χ2v) is 3.40. The van der Waals surface area contributed by atoms with Gasteiger partial charge in [-0.25, -0.2) is 9.59 Å². The average Bonchev–Trinajstić information content (AvgIpc) is 3.08. The van der Waals surface area contributed by atoms with Crippen LogP contribution in [0.25, 0.3) is 0 Å². The molecule has 0 amide bonds. The fourth-order valence-corrected chi connectivity index (χ4v) is 0.957. The summed E-state index contributed by atoms with van der Waals surface area (Å²) >= 11 is 0. The van der Waals surface area contributed by atoms with E-state index in [0.717, 1.165) is 0 Å². The predicted octanol–water partition coefficient (Wildman–Crippen LogP) is 0.604. The minimum atomic E-state index is -0.572. The van der Waals surface area contributed by atoms with Crippen LogP contribution in [0.15, 0.2) is 23.8 Å². The molecule has 0 N–H and O–H groups in total. The van der Waals surface area contributed by atoms with Crippen LogP contribution < -0.4 is 0 Å². The van der Waals surface area contributed by atoms with Crippen LogP contribution in [0.1, 0.15) is 6.92 Å². The molecule has 1 atom stereocenters. The van der Waals surface area contributed by atoms with E-state index in [2.05, 4.69) is 11.3 Å². The van der Waals surface area contributed by atoms with Crippen molar-refractivity contribution in [2.75, 3.05) is 20.3 Å². The van der Waals surface area contributed by atoms with Gasteiger partial charge in [-0.1, -0.05) is 6.58 Å². The molecule has 0 radical (unpaired) electrons. The van der Waals surface area contributed by atoms with Gasteiger partial charge in [0.25, 0.3) is 0 Å². The largest absolute Gasteiger partial charge is 0.465 e. The Kier molecular flexibility index (Phi) is 4.25. The third kappa shape index (κ3) is 3.86. The molecule has 1 unspecified atom stereocenters. The highest BCUT2D eigenvalue weighted by molar-refractivity contribution is 5.95. The van der Waals surface area contributed by atoms with Crippen LogP contribution in [-0.4, -0.2) is 38.4 Å². The summed E-state index contributed by atoms with van der Waals surface area (Å²) in [4.78, 5) is 22.4. The lowest BCUT2D eigenvalue weighted by Crippen LogP contribution is -2.11. The summed E-state index contributed by atoms with van der Waals surface area (Å²) in [5.74, 6) is -1.06. The lowest BCUT2D eigenvalue weighted by Gasteiger charge is -2.03. The van der Waals surface area contributed by atoms with Crippen LogP contribution in [0.3, 0.4) is 0 Å². The Morgan fingerprint density at radius 3 is 2.62 bits per heavy atom. The second kappa shape index (κ2) is 5.46. The molecule has 0 aromatic heterocycles. The van der Waals surface area contributed by atoms with E-state index in [0.29, 0.717) is 12.2 Å². The number of carbonyl (C=O) groups is 2. The van der Waals surface area contributed by atoms with Crippen LogP contribution in [-0.2, 0) is 23.8 Å². The van der Waals surface area contributed by atoms with Crippen molar-refractivity contribution in [3.8, 4) is 0 Å². The van der Waals surface area contributed by atoms with Crippen molar-refractivity contribution in [3.63, 3.8) is 0 Å². The minimum absolute atomic E-state index is 0.0283. The van der Waals surface area contributed by atoms with Crippen molar-refractivity contribution in [3.05, 3.63) is 23.8 Å². The van der Waals surface area contributed by atoms with Crippen LogP contribution >= 0.6 is 0 Å². The Labute approximate surface area is 93.7 Å². The maximum Gasteiger partial charge on any atom is 0.337 e. The number of hydrogen-bond donors (Lipinski definition) is 0. The summed E-state index contributed by atoms with van der Waals surface area (Å²) in [5, 5.41) is 0. The molecular weight excluding hydrogens is 212 g/mol. The molecule has 0 aromatic rings. The summed E-state index contributed by atoms with van der Waals surface area (Å²) in [6.45, 7) is 5.89. The van der Waals surface area contributed by atoms with Gasteiger partial charge < -0.3 is 14.2 Å². The zero-order chi connectivity index (χ0) is 12.1. The van der Waals surface area contributed by atoms with E-state index in [9.17, 15) is 9.59 Å². The van der Waals surface area contributed by atoms with Gasteiger partial charge in [0.15, 0.2) is 0 Å². The lowest BCUT2D eigenvalue weighted by molar-refractivity contribution is -0.139. The Hall–Kier alpha value is -1.62. The monoisotopic (exact) mass is 226 g/mol. The standard InChI is InChI=1S/C11H14O5/c1-7(10(12)14-3)4-8(2)11(13)16-6-9-5-15-9/h4,9H,1,5-6H2,2-3H3. The minimum Gasteiger partial charge on any atom is -0.465 e. The van der Waals surface area contributed by atoms with Crippen molar-refractivity contribution in [2.24, 2.45) is 0 Å². The molecule has 0 spiro atoms. The first kappa shape index (κ1) is 12.4. The Morgan fingerprint density at radius 1 is 1.50 bits per heavy atom. The third-order valence-electron chi connectivity index (χ3n) is 1.96. The number of epoxide rings is 1. The molecule has 16 heavy (non-hydrogen) atoms. The molecule has 0 bridgehead atoms. The average molecular weight is 226 g/mol. The molecule has 0 aromatic carbocycles. The van der Waals surface area contributed by atoms with E-state index in [1.807, 2.05) is 0 Å². The van der Waals surface area contributed by atoms with Crippen molar-refractivity contribution in [1.29, 1.82) is 0 Å². The predicted molar refractivity (Wildman–Crippen MR) is 55.6 cm³/mol. The molecule has 1 rings (SSSR count). The summed E-state index contributed by atoms with van der Waals surface area (Å²) in [6.07, 6.45) is 1.36. The number of rotatable bonds is 5. The molecule has 88 valence electrons. The van der Waals surface area contributed by atoms with Gasteiger partial charge in [0.2, 0.25) is 0 Å². The van der Waals surface area contributed by atoms with Crippen LogP contribution in [0.2, 0.25) is 0 Å². The van der Waals surface area contributed by atoms with Gasteiger partial charge in [-0.15, -0.1) is 0 Å². The summed E-state index contributed by atoms with van der Waals surface area (Å²) < 4.78 is 14.2. The molecule has 1 fully saturated rings. The number of hydrogen-bond acceptors (Lipinski definition) is 5. The number of ether oxygens (including phenoxy) is 3. The molecule has 1 aliphatic heterocycles. The van der Waals surface area contributed by atoms with E-state index >= 15 is 0 Å². The van der Waals surface area contributed by atoms with Crippen LogP contribution in [0, 0.1) is 0 Å². The summed E-state index contributed by atoms with van der Waals surface area (Å²) in [5.41, 5.74) is 0.413. The topological polar surface area (TPSA) is 65.1 Å². The Morgan fingerprint density at radius 2 is 2.12 bits per heavy atom. The first-order valence-corrected chi connectivity index (χ1v) is 4.79. The van der Waals surface area contributed by atoms with Gasteiger partial charge in [-0.3, -0.25) is 0 Å². The zero-order valence-corrected chi connectivity index (χ0v) is 9.32. The summed E-state index contributed by atoms with van der Waals surface area (Å²) in [7, 11) is 1.25. The summed E-state index contributed by atoms with van der Waals surface area (Å²) in [6, 6.07) is 0. The number of methoxy groups -OCH3 is 1. The van der Waals surface area contributed by atoms with Crippen LogP contribution in [0.5, 0.6) is 0 Å². The molecule has 1 aliphatic rings. The van der Waals surface area contributed by atoms with Crippen molar-refractivity contribution in [1.82, 2.24) is 0 Å². The van der Waals surface area contributed by atoms with E-state index in [1.54, 1.807) is 6.92 Å². The van der Waals surface area contributed by atoms with E-state index in [1.165, 1.54) is 13.2 Å². The third-order valence-corrected chi connectivity index (χ3v) is 1.96.